The Morgan fingerprint density at radius 3 is 1.58 bits per heavy atom. The Balaban J connectivity index is 2.40. The average molecular weight is 829 g/mol. The van der Waals surface area contributed by atoms with Crippen LogP contribution in [0.15, 0.2) is 85.1 Å². The number of aliphatic hydroxyl groups is 4. The van der Waals surface area contributed by atoms with E-state index in [0.717, 1.165) is 57.8 Å². The molecule has 1 rings (SSSR count). The first-order valence-electron chi connectivity index (χ1n) is 22.7. The van der Waals surface area contributed by atoms with Gasteiger partial charge in [-0.25, -0.2) is 0 Å². The molecule has 6 atom stereocenters. The predicted molar refractivity (Wildman–Crippen MR) is 237 cm³/mol. The first-order valence-corrected chi connectivity index (χ1v) is 22.7. The van der Waals surface area contributed by atoms with Gasteiger partial charge in [0.05, 0.1) is 13.2 Å². The van der Waals surface area contributed by atoms with Gasteiger partial charge in [0.15, 0.2) is 12.4 Å². The molecule has 2 unspecified atom stereocenters. The zero-order chi connectivity index (χ0) is 43.0. The number of unbranched alkanes of at least 4 members (excludes halogenated alkanes) is 11. The summed E-state index contributed by atoms with van der Waals surface area (Å²) in [5.41, 5.74) is 0. The van der Waals surface area contributed by atoms with Crippen LogP contribution in [0.25, 0.3) is 0 Å². The highest BCUT2D eigenvalue weighted by Gasteiger charge is 2.44. The third kappa shape index (κ3) is 30.5. The molecule has 0 aliphatic carbocycles. The summed E-state index contributed by atoms with van der Waals surface area (Å²) >= 11 is 0. The van der Waals surface area contributed by atoms with Crippen molar-refractivity contribution >= 4 is 11.9 Å². The molecule has 1 heterocycles. The van der Waals surface area contributed by atoms with Gasteiger partial charge in [-0.05, 0) is 77.0 Å². The summed E-state index contributed by atoms with van der Waals surface area (Å²) in [4.78, 5) is 25.3. The summed E-state index contributed by atoms with van der Waals surface area (Å²) < 4.78 is 22.0. The van der Waals surface area contributed by atoms with Gasteiger partial charge in [-0.3, -0.25) is 9.59 Å². The summed E-state index contributed by atoms with van der Waals surface area (Å²) in [6, 6.07) is 0. The maximum atomic E-state index is 12.8. The van der Waals surface area contributed by atoms with E-state index < -0.39 is 55.4 Å². The molecule has 1 aliphatic heterocycles. The fourth-order valence-electron chi connectivity index (χ4n) is 6.21. The second kappa shape index (κ2) is 39.0. The van der Waals surface area contributed by atoms with Crippen molar-refractivity contribution in [2.45, 2.75) is 192 Å². The zero-order valence-electron chi connectivity index (χ0n) is 36.5. The van der Waals surface area contributed by atoms with E-state index in [-0.39, 0.29) is 26.1 Å². The van der Waals surface area contributed by atoms with E-state index >= 15 is 0 Å². The molecule has 1 fully saturated rings. The van der Waals surface area contributed by atoms with E-state index in [4.69, 9.17) is 18.9 Å². The van der Waals surface area contributed by atoms with Gasteiger partial charge in [0.1, 0.15) is 31.0 Å². The second-order valence-electron chi connectivity index (χ2n) is 15.1. The number of ether oxygens (including phenoxy) is 4. The lowest BCUT2D eigenvalue weighted by atomic mass is 9.99. The topological polar surface area (TPSA) is 152 Å². The van der Waals surface area contributed by atoms with Crippen LogP contribution in [0.2, 0.25) is 0 Å². The molecule has 0 aromatic rings. The molecule has 1 saturated heterocycles. The van der Waals surface area contributed by atoms with Crippen molar-refractivity contribution in [1.82, 2.24) is 0 Å². The number of aliphatic hydroxyl groups excluding tert-OH is 4. The molecule has 4 N–H and O–H groups in total. The van der Waals surface area contributed by atoms with E-state index in [0.29, 0.717) is 12.8 Å². The zero-order valence-corrected chi connectivity index (χ0v) is 36.5. The van der Waals surface area contributed by atoms with E-state index in [1.165, 1.54) is 57.8 Å². The highest BCUT2D eigenvalue weighted by atomic mass is 16.7. The van der Waals surface area contributed by atoms with Gasteiger partial charge in [0.25, 0.3) is 0 Å². The minimum atomic E-state index is -1.61. The molecule has 0 amide bonds. The van der Waals surface area contributed by atoms with Gasteiger partial charge in [-0.1, -0.05) is 150 Å². The maximum Gasteiger partial charge on any atom is 0.306 e. The average Bonchev–Trinajstić information content (AvgIpc) is 3.23. The van der Waals surface area contributed by atoms with Gasteiger partial charge in [-0.15, -0.1) is 0 Å². The fourth-order valence-corrected chi connectivity index (χ4v) is 6.21. The van der Waals surface area contributed by atoms with E-state index in [1.54, 1.807) is 0 Å². The monoisotopic (exact) mass is 829 g/mol. The van der Waals surface area contributed by atoms with Gasteiger partial charge < -0.3 is 39.4 Å². The van der Waals surface area contributed by atoms with Crippen LogP contribution in [0.3, 0.4) is 0 Å². The molecule has 59 heavy (non-hydrogen) atoms. The van der Waals surface area contributed by atoms with Crippen molar-refractivity contribution in [3.8, 4) is 0 Å². The normalized spacial score (nSPS) is 20.8. The predicted octanol–water partition coefficient (Wildman–Crippen LogP) is 9.77. The molecular weight excluding hydrogens is 749 g/mol. The van der Waals surface area contributed by atoms with Crippen LogP contribution < -0.4 is 0 Å². The van der Waals surface area contributed by atoms with Crippen LogP contribution in [0.1, 0.15) is 155 Å². The standard InChI is InChI=1S/C49H80O10/c1-3-5-7-9-11-13-15-17-19-20-21-22-24-25-27-29-31-33-35-37-44(51)56-40-42(41-57-49-48(55)47(54)46(53)43(39-50)59-49)58-45(52)38-36-34-32-30-28-26-23-18-16-14-12-10-8-6-4-2/h5,7,11,13,17,19,21-22,25,27-28,30-31,33,42-43,46-50,53-55H,3-4,6,8-10,12,14-16,18,20,23-24,26,29,32,34-41H2,1-2H3/b7-5+,13-11+,19-17+,22-21+,27-25+,30-28+,33-31+/t42-,43-,46+,47?,48?,49-/m0/s1. The molecule has 1 aliphatic rings. The second-order valence-corrected chi connectivity index (χ2v) is 15.1. The lowest BCUT2D eigenvalue weighted by molar-refractivity contribution is -0.305. The maximum absolute atomic E-state index is 12.8. The summed E-state index contributed by atoms with van der Waals surface area (Å²) in [5, 5.41) is 40.1. The lowest BCUT2D eigenvalue weighted by Crippen LogP contribution is -2.59. The van der Waals surface area contributed by atoms with Crippen molar-refractivity contribution in [3.05, 3.63) is 85.1 Å². The Labute approximate surface area is 356 Å². The number of esters is 2. The van der Waals surface area contributed by atoms with Gasteiger partial charge in [0, 0.05) is 12.8 Å². The highest BCUT2D eigenvalue weighted by molar-refractivity contribution is 5.70. The molecule has 10 heteroatoms. The lowest BCUT2D eigenvalue weighted by Gasteiger charge is -2.39. The van der Waals surface area contributed by atoms with E-state index in [2.05, 4.69) is 86.8 Å². The molecule has 0 spiro atoms. The minimum absolute atomic E-state index is 0.142. The van der Waals surface area contributed by atoms with E-state index in [1.807, 2.05) is 12.2 Å². The molecule has 0 aromatic heterocycles. The van der Waals surface area contributed by atoms with Crippen molar-refractivity contribution in [3.63, 3.8) is 0 Å². The highest BCUT2D eigenvalue weighted by Crippen LogP contribution is 2.22. The van der Waals surface area contributed by atoms with Crippen LogP contribution in [0.5, 0.6) is 0 Å². The summed E-state index contributed by atoms with van der Waals surface area (Å²) in [7, 11) is 0. The number of allylic oxidation sites excluding steroid dienone is 14. The molecular formula is C49H80O10. The Hall–Kier alpha value is -3.12. The van der Waals surface area contributed by atoms with Crippen LogP contribution in [-0.4, -0.2) is 89.0 Å². The number of carbonyl (C=O) groups excluding carboxylic acids is 2. The first-order chi connectivity index (χ1) is 28.8. The van der Waals surface area contributed by atoms with Crippen molar-refractivity contribution in [1.29, 1.82) is 0 Å². The Morgan fingerprint density at radius 1 is 0.542 bits per heavy atom. The summed E-state index contributed by atoms with van der Waals surface area (Å²) in [5.74, 6) is -0.937. The number of hydrogen-bond acceptors (Lipinski definition) is 10. The summed E-state index contributed by atoms with van der Waals surface area (Å²) in [6.07, 6.45) is 43.2. The van der Waals surface area contributed by atoms with Crippen LogP contribution in [-0.2, 0) is 28.5 Å². The SMILES string of the molecule is CC/C=C/C/C=C/C/C=C/C/C=C/C/C=C/C/C=C/CCC(=O)OC[C@@H](CO[C@H]1O[C@@H](CO)[C@@H](O)C(O)C1O)OC(=O)CCCC/C=C/CCCCCCCCCCC. The molecule has 0 bridgehead atoms. The molecule has 0 aromatic carbocycles. The smallest absolute Gasteiger partial charge is 0.306 e. The van der Waals surface area contributed by atoms with Gasteiger partial charge >= 0.3 is 11.9 Å². The van der Waals surface area contributed by atoms with Gasteiger partial charge in [-0.2, -0.15) is 0 Å². The van der Waals surface area contributed by atoms with Crippen molar-refractivity contribution in [2.24, 2.45) is 0 Å². The third-order valence-corrected chi connectivity index (χ3v) is 9.78. The largest absolute Gasteiger partial charge is 0.462 e. The molecule has 10 nitrogen and oxygen atoms in total. The summed E-state index contributed by atoms with van der Waals surface area (Å²) in [6.45, 7) is 3.20. The quantitative estimate of drug-likeness (QED) is 0.0273. The Morgan fingerprint density at radius 2 is 1.03 bits per heavy atom. The molecule has 0 radical (unpaired) electrons. The van der Waals surface area contributed by atoms with Crippen LogP contribution in [0.4, 0.5) is 0 Å². The molecule has 336 valence electrons. The number of rotatable bonds is 36. The van der Waals surface area contributed by atoms with Crippen molar-refractivity contribution in [2.75, 3.05) is 19.8 Å². The van der Waals surface area contributed by atoms with E-state index in [9.17, 15) is 30.0 Å². The number of hydrogen-bond donors (Lipinski definition) is 4. The van der Waals surface area contributed by atoms with Crippen LogP contribution >= 0.6 is 0 Å². The minimum Gasteiger partial charge on any atom is -0.462 e. The van der Waals surface area contributed by atoms with Crippen molar-refractivity contribution < 1.29 is 49.0 Å². The Kier molecular flexibility index (Phi) is 35.7. The van der Waals surface area contributed by atoms with Gasteiger partial charge in [0.2, 0.25) is 0 Å². The third-order valence-electron chi connectivity index (χ3n) is 9.78. The molecule has 0 saturated carbocycles. The number of carbonyl (C=O) groups is 2. The first kappa shape index (κ1) is 53.9. The Bertz CT molecular complexity index is 1230. The van der Waals surface area contributed by atoms with Crippen LogP contribution in [0, 0.1) is 0 Å². The fraction of sp³-hybridized carbons (Fsp3) is 0.673.